The first-order valence-electron chi connectivity index (χ1n) is 7.02. The molecule has 0 aliphatic heterocycles. The highest BCUT2D eigenvalue weighted by Crippen LogP contribution is 2.17. The van der Waals surface area contributed by atoms with Gasteiger partial charge in [-0.15, -0.1) is 0 Å². The summed E-state index contributed by atoms with van der Waals surface area (Å²) in [6, 6.07) is 4.01. The van der Waals surface area contributed by atoms with Crippen LogP contribution in [0.4, 0.5) is 0 Å². The van der Waals surface area contributed by atoms with E-state index in [9.17, 15) is 4.79 Å². The Hall–Kier alpha value is -0.810. The Labute approximate surface area is 122 Å². The van der Waals surface area contributed by atoms with Gasteiger partial charge in [0.1, 0.15) is 0 Å². The first kappa shape index (κ1) is 14.6. The van der Waals surface area contributed by atoms with Crippen LogP contribution in [0.5, 0.6) is 0 Å². The number of hydrogen-bond donors (Lipinski definition) is 2. The van der Waals surface area contributed by atoms with Gasteiger partial charge in [0.25, 0.3) is 5.91 Å². The van der Waals surface area contributed by atoms with E-state index in [2.05, 4.69) is 26.6 Å². The van der Waals surface area contributed by atoms with Crippen LogP contribution in [-0.4, -0.2) is 25.0 Å². The van der Waals surface area contributed by atoms with Crippen LogP contribution in [0.2, 0.25) is 0 Å². The quantitative estimate of drug-likeness (QED) is 0.645. The molecule has 0 spiro atoms. The van der Waals surface area contributed by atoms with E-state index in [0.717, 1.165) is 6.54 Å². The number of hydrogen-bond acceptors (Lipinski definition) is 3. The molecule has 0 radical (unpaired) electrons. The second kappa shape index (κ2) is 7.70. The van der Waals surface area contributed by atoms with Gasteiger partial charge in [0.15, 0.2) is 10.4 Å². The van der Waals surface area contributed by atoms with Crippen molar-refractivity contribution >= 4 is 21.8 Å². The second-order valence-electron chi connectivity index (χ2n) is 5.00. The molecule has 1 aromatic heterocycles. The van der Waals surface area contributed by atoms with Crippen molar-refractivity contribution < 1.29 is 9.21 Å². The maximum absolute atomic E-state index is 11.7. The highest BCUT2D eigenvalue weighted by molar-refractivity contribution is 9.10. The van der Waals surface area contributed by atoms with Crippen molar-refractivity contribution in [3.63, 3.8) is 0 Å². The van der Waals surface area contributed by atoms with E-state index >= 15 is 0 Å². The summed E-state index contributed by atoms with van der Waals surface area (Å²) in [4.78, 5) is 11.7. The Morgan fingerprint density at radius 2 is 1.95 bits per heavy atom. The molecule has 1 aliphatic rings. The van der Waals surface area contributed by atoms with E-state index in [-0.39, 0.29) is 5.91 Å². The highest BCUT2D eigenvalue weighted by atomic mass is 79.9. The van der Waals surface area contributed by atoms with E-state index in [0.29, 0.717) is 23.0 Å². The van der Waals surface area contributed by atoms with Crippen LogP contribution in [-0.2, 0) is 0 Å². The average molecular weight is 329 g/mol. The van der Waals surface area contributed by atoms with Crippen molar-refractivity contribution in [2.24, 2.45) is 0 Å². The standard InChI is InChI=1S/C14H21BrN2O2/c15-13-8-7-12(19-13)14(18)17-10-9-16-11-5-3-1-2-4-6-11/h7-8,11,16H,1-6,9-10H2,(H,17,18). The Kier molecular flexibility index (Phi) is 5.92. The van der Waals surface area contributed by atoms with Gasteiger partial charge in [0, 0.05) is 19.1 Å². The molecule has 0 unspecified atom stereocenters. The van der Waals surface area contributed by atoms with Gasteiger partial charge < -0.3 is 15.1 Å². The SMILES string of the molecule is O=C(NCCNC1CCCCCC1)c1ccc(Br)o1. The molecule has 1 fully saturated rings. The minimum Gasteiger partial charge on any atom is -0.444 e. The van der Waals surface area contributed by atoms with Gasteiger partial charge >= 0.3 is 0 Å². The largest absolute Gasteiger partial charge is 0.444 e. The Bertz CT molecular complexity index is 398. The summed E-state index contributed by atoms with van der Waals surface area (Å²) in [6.07, 6.45) is 7.90. The average Bonchev–Trinajstić information content (AvgIpc) is 2.68. The number of nitrogens with one attached hydrogen (secondary N) is 2. The molecule has 1 saturated carbocycles. The fourth-order valence-electron chi connectivity index (χ4n) is 2.46. The fourth-order valence-corrected chi connectivity index (χ4v) is 2.77. The van der Waals surface area contributed by atoms with Crippen LogP contribution in [0.3, 0.4) is 0 Å². The van der Waals surface area contributed by atoms with Crippen LogP contribution < -0.4 is 10.6 Å². The molecule has 1 heterocycles. The number of halogens is 1. The van der Waals surface area contributed by atoms with E-state index in [1.165, 1.54) is 38.5 Å². The monoisotopic (exact) mass is 328 g/mol. The van der Waals surface area contributed by atoms with E-state index in [1.54, 1.807) is 12.1 Å². The topological polar surface area (TPSA) is 54.3 Å². The number of rotatable bonds is 5. The molecule has 19 heavy (non-hydrogen) atoms. The van der Waals surface area contributed by atoms with Gasteiger partial charge in [-0.05, 0) is 40.9 Å². The van der Waals surface area contributed by atoms with Crippen molar-refractivity contribution in [3.05, 3.63) is 22.6 Å². The molecule has 2 N–H and O–H groups in total. The van der Waals surface area contributed by atoms with Gasteiger partial charge in [0.2, 0.25) is 0 Å². The van der Waals surface area contributed by atoms with E-state index in [1.807, 2.05) is 0 Å². The summed E-state index contributed by atoms with van der Waals surface area (Å²) in [6.45, 7) is 1.45. The third-order valence-corrected chi connectivity index (χ3v) is 3.92. The molecule has 0 aromatic carbocycles. The molecular weight excluding hydrogens is 308 g/mol. The van der Waals surface area contributed by atoms with E-state index in [4.69, 9.17) is 4.42 Å². The third-order valence-electron chi connectivity index (χ3n) is 3.50. The van der Waals surface area contributed by atoms with Crippen molar-refractivity contribution in [2.45, 2.75) is 44.6 Å². The lowest BCUT2D eigenvalue weighted by molar-refractivity contribution is 0.0924. The van der Waals surface area contributed by atoms with Crippen molar-refractivity contribution in [1.29, 1.82) is 0 Å². The molecule has 1 amide bonds. The van der Waals surface area contributed by atoms with Crippen molar-refractivity contribution in [1.82, 2.24) is 10.6 Å². The molecule has 5 heteroatoms. The summed E-state index contributed by atoms with van der Waals surface area (Å²) >= 11 is 3.18. The molecule has 4 nitrogen and oxygen atoms in total. The zero-order valence-corrected chi connectivity index (χ0v) is 12.7. The molecule has 1 aliphatic carbocycles. The molecule has 0 saturated heterocycles. The predicted molar refractivity (Wildman–Crippen MR) is 78.2 cm³/mol. The van der Waals surface area contributed by atoms with Crippen LogP contribution in [0.15, 0.2) is 21.2 Å². The van der Waals surface area contributed by atoms with Gasteiger partial charge in [-0.2, -0.15) is 0 Å². The zero-order chi connectivity index (χ0) is 13.5. The predicted octanol–water partition coefficient (Wildman–Crippen LogP) is 3.08. The number of carbonyl (C=O) groups is 1. The first-order chi connectivity index (χ1) is 9.25. The summed E-state index contributed by atoms with van der Waals surface area (Å²) < 4.78 is 5.77. The Morgan fingerprint density at radius 3 is 2.58 bits per heavy atom. The lowest BCUT2D eigenvalue weighted by Gasteiger charge is -2.16. The van der Waals surface area contributed by atoms with Crippen LogP contribution in [0, 0.1) is 0 Å². The fraction of sp³-hybridized carbons (Fsp3) is 0.643. The molecule has 0 bridgehead atoms. The van der Waals surface area contributed by atoms with Crippen LogP contribution in [0.25, 0.3) is 0 Å². The summed E-state index contributed by atoms with van der Waals surface area (Å²) in [5, 5.41) is 6.37. The van der Waals surface area contributed by atoms with E-state index < -0.39 is 0 Å². The van der Waals surface area contributed by atoms with Gasteiger partial charge in [0.05, 0.1) is 0 Å². The lowest BCUT2D eigenvalue weighted by atomic mass is 10.1. The Balaban J connectivity index is 1.62. The van der Waals surface area contributed by atoms with Gasteiger partial charge in [-0.3, -0.25) is 4.79 Å². The zero-order valence-electron chi connectivity index (χ0n) is 11.1. The molecule has 0 atom stereocenters. The van der Waals surface area contributed by atoms with Crippen LogP contribution in [0.1, 0.15) is 49.1 Å². The molecular formula is C14H21BrN2O2. The number of amides is 1. The number of furan rings is 1. The number of carbonyl (C=O) groups excluding carboxylic acids is 1. The lowest BCUT2D eigenvalue weighted by Crippen LogP contribution is -2.36. The maximum Gasteiger partial charge on any atom is 0.287 e. The molecule has 106 valence electrons. The van der Waals surface area contributed by atoms with Crippen molar-refractivity contribution in [2.75, 3.05) is 13.1 Å². The van der Waals surface area contributed by atoms with Gasteiger partial charge in [-0.1, -0.05) is 25.7 Å². The summed E-state index contributed by atoms with van der Waals surface area (Å²) in [7, 11) is 0. The smallest absolute Gasteiger partial charge is 0.287 e. The minimum atomic E-state index is -0.159. The van der Waals surface area contributed by atoms with Crippen LogP contribution >= 0.6 is 15.9 Å². The summed E-state index contributed by atoms with van der Waals surface area (Å²) in [5.74, 6) is 0.190. The molecule has 2 rings (SSSR count). The van der Waals surface area contributed by atoms with Crippen molar-refractivity contribution in [3.8, 4) is 0 Å². The first-order valence-corrected chi connectivity index (χ1v) is 7.82. The summed E-state index contributed by atoms with van der Waals surface area (Å²) in [5.41, 5.74) is 0. The normalized spacial score (nSPS) is 17.1. The minimum absolute atomic E-state index is 0.159. The second-order valence-corrected chi connectivity index (χ2v) is 5.78. The van der Waals surface area contributed by atoms with Gasteiger partial charge in [-0.25, -0.2) is 0 Å². The third kappa shape index (κ3) is 4.99. The molecule has 1 aromatic rings. The Morgan fingerprint density at radius 1 is 1.21 bits per heavy atom. The highest BCUT2D eigenvalue weighted by Gasteiger charge is 2.12. The maximum atomic E-state index is 11.7.